The number of methoxy groups -OCH3 is 2. The summed E-state index contributed by atoms with van der Waals surface area (Å²) in [5.41, 5.74) is 1.48. The molecule has 0 aliphatic heterocycles. The largest absolute Gasteiger partial charge is 0.481 e. The Labute approximate surface area is 163 Å². The number of ether oxygens (including phenoxy) is 3. The Balaban J connectivity index is 2.21. The van der Waals surface area contributed by atoms with Crippen LogP contribution in [-0.4, -0.2) is 38.2 Å². The average molecular weight is 385 g/mol. The van der Waals surface area contributed by atoms with Crippen LogP contribution in [0, 0.1) is 0 Å². The average Bonchev–Trinajstić information content (AvgIpc) is 2.72. The quantitative estimate of drug-likeness (QED) is 0.736. The number of carbonyl (C=O) groups excluding carboxylic acids is 3. The molecule has 1 atom stereocenters. The molecule has 7 heteroatoms. The van der Waals surface area contributed by atoms with Crippen LogP contribution >= 0.6 is 0 Å². The minimum Gasteiger partial charge on any atom is -0.481 e. The summed E-state index contributed by atoms with van der Waals surface area (Å²) in [6, 6.07) is 11.7. The summed E-state index contributed by atoms with van der Waals surface area (Å²) in [4.78, 5) is 36.2. The van der Waals surface area contributed by atoms with Crippen LogP contribution in [0.2, 0.25) is 0 Å². The molecule has 0 aliphatic rings. The summed E-state index contributed by atoms with van der Waals surface area (Å²) >= 11 is 0. The number of carbonyl (C=O) groups is 3. The van der Waals surface area contributed by atoms with Gasteiger partial charge in [-0.2, -0.15) is 0 Å². The van der Waals surface area contributed by atoms with Crippen LogP contribution in [0.15, 0.2) is 42.5 Å². The van der Waals surface area contributed by atoms with E-state index in [0.29, 0.717) is 5.75 Å². The van der Waals surface area contributed by atoms with Crippen LogP contribution in [0.5, 0.6) is 5.75 Å². The van der Waals surface area contributed by atoms with E-state index in [9.17, 15) is 14.4 Å². The lowest BCUT2D eigenvalue weighted by Crippen LogP contribution is -2.30. The molecule has 2 aromatic carbocycles. The van der Waals surface area contributed by atoms with Crippen LogP contribution in [0.3, 0.4) is 0 Å². The van der Waals surface area contributed by atoms with Gasteiger partial charge in [-0.3, -0.25) is 4.79 Å². The molecule has 0 fully saturated rings. The topological polar surface area (TPSA) is 90.9 Å². The van der Waals surface area contributed by atoms with E-state index in [-0.39, 0.29) is 16.8 Å². The van der Waals surface area contributed by atoms with Crippen molar-refractivity contribution in [3.63, 3.8) is 0 Å². The second-order valence-electron chi connectivity index (χ2n) is 5.99. The summed E-state index contributed by atoms with van der Waals surface area (Å²) in [6.07, 6.45) is -0.0233. The minimum atomic E-state index is -0.795. The molecule has 1 amide bonds. The first-order chi connectivity index (χ1) is 13.4. The van der Waals surface area contributed by atoms with Gasteiger partial charge in [-0.25, -0.2) is 9.59 Å². The van der Waals surface area contributed by atoms with Gasteiger partial charge in [-0.05, 0) is 43.2 Å². The Morgan fingerprint density at radius 2 is 1.54 bits per heavy atom. The van der Waals surface area contributed by atoms with E-state index in [1.165, 1.54) is 32.4 Å². The zero-order valence-corrected chi connectivity index (χ0v) is 16.3. The van der Waals surface area contributed by atoms with Crippen molar-refractivity contribution in [3.8, 4) is 5.75 Å². The van der Waals surface area contributed by atoms with Crippen molar-refractivity contribution in [2.45, 2.75) is 26.4 Å². The number of para-hydroxylation sites is 1. The highest BCUT2D eigenvalue weighted by atomic mass is 16.5. The molecule has 148 valence electrons. The van der Waals surface area contributed by atoms with Crippen molar-refractivity contribution in [1.29, 1.82) is 0 Å². The van der Waals surface area contributed by atoms with Gasteiger partial charge < -0.3 is 19.5 Å². The highest BCUT2D eigenvalue weighted by Crippen LogP contribution is 2.21. The van der Waals surface area contributed by atoms with Gasteiger partial charge in [0.05, 0.1) is 25.3 Å². The molecular weight excluding hydrogens is 362 g/mol. The predicted molar refractivity (Wildman–Crippen MR) is 104 cm³/mol. The summed E-state index contributed by atoms with van der Waals surface area (Å²) in [5, 5.41) is 2.66. The zero-order chi connectivity index (χ0) is 20.7. The summed E-state index contributed by atoms with van der Waals surface area (Å²) in [7, 11) is 2.46. The third-order valence-corrected chi connectivity index (χ3v) is 4.07. The Morgan fingerprint density at radius 3 is 2.07 bits per heavy atom. The van der Waals surface area contributed by atoms with Crippen molar-refractivity contribution in [3.05, 3.63) is 59.2 Å². The first-order valence-electron chi connectivity index (χ1n) is 8.76. The Morgan fingerprint density at radius 1 is 0.964 bits per heavy atom. The van der Waals surface area contributed by atoms with Crippen molar-refractivity contribution < 1.29 is 28.6 Å². The van der Waals surface area contributed by atoms with E-state index < -0.39 is 23.9 Å². The van der Waals surface area contributed by atoms with Gasteiger partial charge in [-0.15, -0.1) is 0 Å². The van der Waals surface area contributed by atoms with E-state index in [2.05, 4.69) is 14.8 Å². The molecule has 0 saturated heterocycles. The van der Waals surface area contributed by atoms with Gasteiger partial charge in [0.25, 0.3) is 5.91 Å². The molecule has 28 heavy (non-hydrogen) atoms. The van der Waals surface area contributed by atoms with E-state index in [4.69, 9.17) is 4.74 Å². The maximum atomic E-state index is 12.5. The number of aryl methyl sites for hydroxylation is 1. The molecular formula is C21H23NO6. The molecule has 1 N–H and O–H groups in total. The molecule has 2 rings (SSSR count). The van der Waals surface area contributed by atoms with E-state index in [1.807, 2.05) is 25.1 Å². The first-order valence-corrected chi connectivity index (χ1v) is 8.76. The minimum absolute atomic E-state index is 0.116. The van der Waals surface area contributed by atoms with E-state index in [0.717, 1.165) is 12.0 Å². The van der Waals surface area contributed by atoms with Crippen LogP contribution in [0.1, 0.15) is 40.1 Å². The third kappa shape index (κ3) is 5.09. The molecule has 0 bridgehead atoms. The smallest absolute Gasteiger partial charge is 0.337 e. The lowest BCUT2D eigenvalue weighted by molar-refractivity contribution is -0.122. The Hall–Kier alpha value is -3.35. The van der Waals surface area contributed by atoms with Crippen LogP contribution in [-0.2, 0) is 20.7 Å². The van der Waals surface area contributed by atoms with Gasteiger partial charge in [0, 0.05) is 5.69 Å². The number of nitrogens with one attached hydrogen (secondary N) is 1. The number of hydrogen-bond acceptors (Lipinski definition) is 6. The monoisotopic (exact) mass is 385 g/mol. The molecule has 2 aromatic rings. The lowest BCUT2D eigenvalue weighted by atomic mass is 10.1. The highest BCUT2D eigenvalue weighted by molar-refractivity contribution is 6.00. The molecule has 0 aromatic heterocycles. The molecule has 0 unspecified atom stereocenters. The second-order valence-corrected chi connectivity index (χ2v) is 5.99. The fourth-order valence-corrected chi connectivity index (χ4v) is 2.57. The number of rotatable bonds is 7. The van der Waals surface area contributed by atoms with Crippen LogP contribution < -0.4 is 10.1 Å². The number of amides is 1. The second kappa shape index (κ2) is 9.55. The van der Waals surface area contributed by atoms with Crippen molar-refractivity contribution in [1.82, 2.24) is 0 Å². The fraction of sp³-hybridized carbons (Fsp3) is 0.286. The number of benzene rings is 2. The van der Waals surface area contributed by atoms with Gasteiger partial charge in [0.15, 0.2) is 6.10 Å². The molecule has 0 radical (unpaired) electrons. The third-order valence-electron chi connectivity index (χ3n) is 4.07. The summed E-state index contributed by atoms with van der Waals surface area (Å²) in [5.74, 6) is -1.07. The SMILES string of the molecule is CCc1ccccc1O[C@@H](C)C(=O)Nc1cc(C(=O)OC)cc(C(=O)OC)c1. The maximum Gasteiger partial charge on any atom is 0.337 e. The van der Waals surface area contributed by atoms with Crippen LogP contribution in [0.4, 0.5) is 5.69 Å². The molecule has 7 nitrogen and oxygen atoms in total. The molecule has 0 aliphatic carbocycles. The van der Waals surface area contributed by atoms with Crippen molar-refractivity contribution in [2.75, 3.05) is 19.5 Å². The van der Waals surface area contributed by atoms with Crippen molar-refractivity contribution in [2.24, 2.45) is 0 Å². The molecule has 0 spiro atoms. The van der Waals surface area contributed by atoms with Crippen molar-refractivity contribution >= 4 is 23.5 Å². The van der Waals surface area contributed by atoms with Crippen LogP contribution in [0.25, 0.3) is 0 Å². The van der Waals surface area contributed by atoms with E-state index >= 15 is 0 Å². The lowest BCUT2D eigenvalue weighted by Gasteiger charge is -2.17. The summed E-state index contributed by atoms with van der Waals surface area (Å²) in [6.45, 7) is 3.62. The zero-order valence-electron chi connectivity index (χ0n) is 16.3. The first kappa shape index (κ1) is 21.0. The number of anilines is 1. The fourth-order valence-electron chi connectivity index (χ4n) is 2.57. The Bertz CT molecular complexity index is 843. The Kier molecular flexibility index (Phi) is 7.14. The molecule has 0 saturated carbocycles. The summed E-state index contributed by atoms with van der Waals surface area (Å²) < 4.78 is 15.1. The van der Waals surface area contributed by atoms with E-state index in [1.54, 1.807) is 13.0 Å². The van der Waals surface area contributed by atoms with Gasteiger partial charge in [0.2, 0.25) is 0 Å². The number of hydrogen-bond donors (Lipinski definition) is 1. The van der Waals surface area contributed by atoms with Gasteiger partial charge in [-0.1, -0.05) is 25.1 Å². The molecule has 0 heterocycles. The normalized spacial score (nSPS) is 11.3. The predicted octanol–water partition coefficient (Wildman–Crippen LogP) is 3.23. The van der Waals surface area contributed by atoms with Gasteiger partial charge in [0.1, 0.15) is 5.75 Å². The standard InChI is InChI=1S/C21H23NO6/c1-5-14-8-6-7-9-18(14)28-13(2)19(23)22-17-11-15(20(24)26-3)10-16(12-17)21(25)27-4/h6-13H,5H2,1-4H3,(H,22,23)/t13-/m0/s1. The highest BCUT2D eigenvalue weighted by Gasteiger charge is 2.19. The maximum absolute atomic E-state index is 12.5. The number of esters is 2. The van der Waals surface area contributed by atoms with Gasteiger partial charge >= 0.3 is 11.9 Å².